The molecule has 2 aliphatic rings. The molecule has 0 N–H and O–H groups in total. The van der Waals surface area contributed by atoms with E-state index in [1.807, 2.05) is 0 Å². The van der Waals surface area contributed by atoms with Gasteiger partial charge in [0.15, 0.2) is 0 Å². The van der Waals surface area contributed by atoms with Gasteiger partial charge in [0, 0.05) is 0 Å². The van der Waals surface area contributed by atoms with Gasteiger partial charge in [0.2, 0.25) is 0 Å². The van der Waals surface area contributed by atoms with Gasteiger partial charge in [-0.05, 0) is 0 Å². The minimum atomic E-state index is -4.06. The Hall–Kier alpha value is -1.27. The molecule has 0 bridgehead atoms. The molecule has 1 heterocycles. The van der Waals surface area contributed by atoms with E-state index in [9.17, 15) is 0 Å². The fraction of sp³-hybridized carbons (Fsp3) is 0.350. The number of fused-ring (bicyclic) bond motifs is 4. The van der Waals surface area contributed by atoms with Crippen molar-refractivity contribution in [2.75, 3.05) is 0 Å². The fourth-order valence-electron chi connectivity index (χ4n) is 7.67. The van der Waals surface area contributed by atoms with Gasteiger partial charge in [-0.25, -0.2) is 0 Å². The van der Waals surface area contributed by atoms with Crippen LogP contribution in [0.1, 0.15) is 53.9 Å². The van der Waals surface area contributed by atoms with Crippen molar-refractivity contribution in [2.45, 2.75) is 82.9 Å². The molecule has 1 aliphatic heterocycles. The Morgan fingerprint density at radius 1 is 0.804 bits per heavy atom. The van der Waals surface area contributed by atoms with Crippen LogP contribution in [0.5, 0.6) is 0 Å². The van der Waals surface area contributed by atoms with Crippen molar-refractivity contribution in [3.05, 3.63) is 95.1 Å². The molecule has 2 atom stereocenters. The molecule has 0 fully saturated rings. The first-order valence-electron chi connectivity index (χ1n) is 17.3. The Labute approximate surface area is 294 Å². The van der Waals surface area contributed by atoms with Crippen LogP contribution in [0.4, 0.5) is 0 Å². The molecule has 2 unspecified atom stereocenters. The molecule has 0 saturated heterocycles. The van der Waals surface area contributed by atoms with Crippen molar-refractivity contribution in [3.63, 3.8) is 0 Å². The van der Waals surface area contributed by atoms with E-state index in [-0.39, 0.29) is 3.63 Å². The number of allylic oxidation sites excluding steroid dienone is 1. The summed E-state index contributed by atoms with van der Waals surface area (Å²) in [5.41, 5.74) is 11.3. The first kappa shape index (κ1) is 34.6. The van der Waals surface area contributed by atoms with Crippen molar-refractivity contribution in [2.24, 2.45) is 5.92 Å². The summed E-state index contributed by atoms with van der Waals surface area (Å²) < 4.78 is 1.43. The van der Waals surface area contributed by atoms with Crippen LogP contribution in [0.25, 0.3) is 28.3 Å². The molecule has 0 saturated carbocycles. The fourth-order valence-corrected chi connectivity index (χ4v) is 27.1. The van der Waals surface area contributed by atoms with Gasteiger partial charge in [-0.15, -0.1) is 0 Å². The number of halogens is 2. The molecule has 6 heteroatoms. The standard InChI is InChI=1S/C28H41Si2.C12H9Si.2ClH.Zr/c1-10-12-21-13-14-22-15-23(20(3)11-2)18-27(22)28(21)24-16-25(29(4,5)6)19-26(17-24)30(7,8)9;1-3-7-11-9(5-1)10-6-2-4-8-12(10)13-11;;;/h13-20H,10-12H2,1-9H3;1-7H,13H2;2*1H;/q;;;;+2/p-2. The summed E-state index contributed by atoms with van der Waals surface area (Å²) in [6.45, 7) is 22.0. The first-order chi connectivity index (χ1) is 21.7. The van der Waals surface area contributed by atoms with E-state index in [4.69, 9.17) is 17.0 Å². The van der Waals surface area contributed by atoms with Crippen molar-refractivity contribution < 1.29 is 17.9 Å². The molecule has 46 heavy (non-hydrogen) atoms. The van der Waals surface area contributed by atoms with Gasteiger partial charge in [0.1, 0.15) is 0 Å². The number of aryl methyl sites for hydroxylation is 1. The molecule has 0 nitrogen and oxygen atoms in total. The normalized spacial score (nSPS) is 17.1. The number of hydrogen-bond acceptors (Lipinski definition) is 0. The monoisotopic (exact) mass is 774 g/mol. The van der Waals surface area contributed by atoms with Gasteiger partial charge in [-0.3, -0.25) is 0 Å². The van der Waals surface area contributed by atoms with Crippen LogP contribution in [-0.4, -0.2) is 25.7 Å². The summed E-state index contributed by atoms with van der Waals surface area (Å²) >= 11 is -4.06. The van der Waals surface area contributed by atoms with Crippen molar-refractivity contribution in [1.82, 2.24) is 0 Å². The zero-order chi connectivity index (χ0) is 33.2. The molecular weight excluding hydrogens is 727 g/mol. The van der Waals surface area contributed by atoms with Crippen molar-refractivity contribution in [3.8, 4) is 22.3 Å². The Morgan fingerprint density at radius 2 is 1.46 bits per heavy atom. The van der Waals surface area contributed by atoms with Crippen LogP contribution in [0.3, 0.4) is 0 Å². The summed E-state index contributed by atoms with van der Waals surface area (Å²) in [6, 6.07) is 28.3. The van der Waals surface area contributed by atoms with Gasteiger partial charge in [-0.1, -0.05) is 0 Å². The number of rotatable bonds is 9. The van der Waals surface area contributed by atoms with Gasteiger partial charge in [0.05, 0.1) is 0 Å². The third-order valence-corrected chi connectivity index (χ3v) is 28.8. The van der Waals surface area contributed by atoms with Crippen LogP contribution >= 0.6 is 17.0 Å². The van der Waals surface area contributed by atoms with Crippen LogP contribution < -0.4 is 24.0 Å². The predicted molar refractivity (Wildman–Crippen MR) is 213 cm³/mol. The van der Waals surface area contributed by atoms with Gasteiger partial charge in [-0.2, -0.15) is 0 Å². The molecule has 240 valence electrons. The quantitative estimate of drug-likeness (QED) is 0.132. The number of benzene rings is 4. The summed E-state index contributed by atoms with van der Waals surface area (Å²) in [4.78, 5) is 0. The Kier molecular flexibility index (Phi) is 9.69. The molecule has 1 aliphatic carbocycles. The molecule has 6 rings (SSSR count). The Morgan fingerprint density at radius 3 is 2.09 bits per heavy atom. The van der Waals surface area contributed by atoms with E-state index in [1.54, 1.807) is 10.4 Å². The Balaban J connectivity index is 1.60. The van der Waals surface area contributed by atoms with E-state index >= 15 is 0 Å². The maximum atomic E-state index is 8.06. The molecule has 0 radical (unpaired) electrons. The minimum absolute atomic E-state index is 0.109. The summed E-state index contributed by atoms with van der Waals surface area (Å²) in [5, 5.41) is 6.16. The molecule has 4 aromatic carbocycles. The van der Waals surface area contributed by atoms with Crippen molar-refractivity contribution in [1.29, 1.82) is 0 Å². The maximum absolute atomic E-state index is 8.06. The van der Waals surface area contributed by atoms with Crippen LogP contribution in [0.15, 0.2) is 78.4 Å². The molecule has 0 amide bonds. The topological polar surface area (TPSA) is 0 Å². The second-order valence-electron chi connectivity index (χ2n) is 15.8. The Bertz CT molecular complexity index is 1810. The molecular formula is C40H50Cl2Si3Zr. The average Bonchev–Trinajstić information content (AvgIpc) is 3.59. The molecule has 0 aromatic heterocycles. The second kappa shape index (κ2) is 12.9. The average molecular weight is 777 g/mol. The zero-order valence-corrected chi connectivity index (χ0v) is 36.6. The third-order valence-electron chi connectivity index (χ3n) is 10.5. The second-order valence-corrected chi connectivity index (χ2v) is 41.8. The predicted octanol–water partition coefficient (Wildman–Crippen LogP) is 8.77. The number of hydrogen-bond donors (Lipinski definition) is 0. The van der Waals surface area contributed by atoms with Crippen LogP contribution in [-0.2, 0) is 24.3 Å². The van der Waals surface area contributed by atoms with Crippen LogP contribution in [0.2, 0.25) is 39.3 Å². The molecule has 0 spiro atoms. The summed E-state index contributed by atoms with van der Waals surface area (Å²) in [6.07, 6.45) is 5.84. The van der Waals surface area contributed by atoms with E-state index in [0.29, 0.717) is 5.92 Å². The third kappa shape index (κ3) is 6.18. The van der Waals surface area contributed by atoms with E-state index in [0.717, 1.165) is 19.3 Å². The van der Waals surface area contributed by atoms with Crippen molar-refractivity contribution >= 4 is 72.8 Å². The zero-order valence-electron chi connectivity index (χ0n) is 29.2. The summed E-state index contributed by atoms with van der Waals surface area (Å²) in [7, 11) is 12.4. The van der Waals surface area contributed by atoms with Gasteiger partial charge < -0.3 is 0 Å². The van der Waals surface area contributed by atoms with E-state index in [1.165, 1.54) is 58.2 Å². The SMILES string of the molecule is CCCc1ccc2c(c1-c1cc([Si](C)(C)C)cc([Si](C)(C)C)c1)C=C(C(C)CC)[CH]2[Zr]([Cl])([Cl])[c]1cccc2c1[SiH2]c1ccccc1-2. The van der Waals surface area contributed by atoms with E-state index < -0.39 is 43.5 Å². The summed E-state index contributed by atoms with van der Waals surface area (Å²) in [5.74, 6) is 0.422. The first-order valence-corrected chi connectivity index (χ1v) is 34.7. The molecule has 4 aromatic rings. The van der Waals surface area contributed by atoms with E-state index in [2.05, 4.69) is 139 Å². The van der Waals surface area contributed by atoms with Crippen LogP contribution in [0, 0.1) is 5.92 Å². The van der Waals surface area contributed by atoms with Gasteiger partial charge in [0.25, 0.3) is 0 Å². The van der Waals surface area contributed by atoms with Gasteiger partial charge >= 0.3 is 297 Å².